The van der Waals surface area contributed by atoms with Crippen LogP contribution in [-0.2, 0) is 21.5 Å². The van der Waals surface area contributed by atoms with Crippen molar-refractivity contribution < 1.29 is 23.4 Å². The average Bonchev–Trinajstić information content (AvgIpc) is 3.22. The van der Waals surface area contributed by atoms with E-state index in [1.807, 2.05) is 51.1 Å². The quantitative estimate of drug-likeness (QED) is 0.315. The van der Waals surface area contributed by atoms with E-state index >= 15 is 0 Å². The number of hydrogen-bond donors (Lipinski definition) is 0. The molecule has 2 aromatic heterocycles. The molecule has 1 aliphatic heterocycles. The van der Waals surface area contributed by atoms with Crippen molar-refractivity contribution in [1.82, 2.24) is 9.38 Å². The highest BCUT2D eigenvalue weighted by atomic mass is 19.1. The fraction of sp³-hybridized carbons (Fsp3) is 0.310. The van der Waals surface area contributed by atoms with Gasteiger partial charge in [-0.05, 0) is 44.5 Å². The van der Waals surface area contributed by atoms with Gasteiger partial charge in [-0.3, -0.25) is 9.20 Å². The molecular formula is C29H29FN2O4. The Morgan fingerprint density at radius 1 is 1.03 bits per heavy atom. The molecule has 6 nitrogen and oxygen atoms in total. The molecule has 0 atom stereocenters. The van der Waals surface area contributed by atoms with Crippen molar-refractivity contribution >= 4 is 11.4 Å². The third-order valence-electron chi connectivity index (χ3n) is 6.67. The zero-order valence-electron chi connectivity index (χ0n) is 20.7. The van der Waals surface area contributed by atoms with Crippen molar-refractivity contribution in [2.75, 3.05) is 13.2 Å². The first-order valence-corrected chi connectivity index (χ1v) is 12.0. The van der Waals surface area contributed by atoms with Gasteiger partial charge in [0.25, 0.3) is 0 Å². The van der Waals surface area contributed by atoms with Gasteiger partial charge in [-0.15, -0.1) is 0 Å². The molecule has 186 valence electrons. The van der Waals surface area contributed by atoms with Gasteiger partial charge in [-0.2, -0.15) is 0 Å². The SMILES string of the molecule is Cc1nc2c(OCc3ccccc3F)cccn2c1C(=O)CC1(c2ccccc2)COC(C)(C)OC1. The summed E-state index contributed by atoms with van der Waals surface area (Å²) in [6.45, 7) is 6.35. The van der Waals surface area contributed by atoms with Gasteiger partial charge in [0.2, 0.25) is 0 Å². The van der Waals surface area contributed by atoms with Crippen LogP contribution in [0, 0.1) is 12.7 Å². The van der Waals surface area contributed by atoms with Gasteiger partial charge in [-0.25, -0.2) is 9.37 Å². The van der Waals surface area contributed by atoms with E-state index in [9.17, 15) is 9.18 Å². The van der Waals surface area contributed by atoms with Crippen LogP contribution in [0.25, 0.3) is 5.65 Å². The number of ketones is 1. The first-order chi connectivity index (χ1) is 17.3. The lowest BCUT2D eigenvalue weighted by molar-refractivity contribution is -0.269. The maximum absolute atomic E-state index is 14.1. The van der Waals surface area contributed by atoms with E-state index in [-0.39, 0.29) is 24.6 Å². The second-order valence-corrected chi connectivity index (χ2v) is 9.72. The van der Waals surface area contributed by atoms with Crippen molar-refractivity contribution in [1.29, 1.82) is 0 Å². The van der Waals surface area contributed by atoms with Gasteiger partial charge in [0.1, 0.15) is 18.1 Å². The molecule has 0 amide bonds. The van der Waals surface area contributed by atoms with Crippen molar-refractivity contribution in [3.63, 3.8) is 0 Å². The van der Waals surface area contributed by atoms with Crippen LogP contribution in [0.15, 0.2) is 72.9 Å². The monoisotopic (exact) mass is 488 g/mol. The molecule has 4 aromatic rings. The molecule has 0 unspecified atom stereocenters. The Labute approximate surface area is 209 Å². The number of carbonyl (C=O) groups excluding carboxylic acids is 1. The molecule has 0 bridgehead atoms. The fourth-order valence-electron chi connectivity index (χ4n) is 4.64. The summed E-state index contributed by atoms with van der Waals surface area (Å²) < 4.78 is 33.8. The van der Waals surface area contributed by atoms with Crippen LogP contribution in [0.2, 0.25) is 0 Å². The summed E-state index contributed by atoms with van der Waals surface area (Å²) in [5.74, 6) is -0.620. The van der Waals surface area contributed by atoms with Gasteiger partial charge in [0, 0.05) is 23.6 Å². The van der Waals surface area contributed by atoms with Crippen LogP contribution in [0.3, 0.4) is 0 Å². The summed E-state index contributed by atoms with van der Waals surface area (Å²) in [5, 5.41) is 0. The number of benzene rings is 2. The molecule has 1 aliphatic rings. The van der Waals surface area contributed by atoms with Gasteiger partial charge in [0.15, 0.2) is 23.0 Å². The third-order valence-corrected chi connectivity index (χ3v) is 6.67. The number of nitrogens with zero attached hydrogens (tertiary/aromatic N) is 2. The summed E-state index contributed by atoms with van der Waals surface area (Å²) in [6.07, 6.45) is 1.99. The minimum absolute atomic E-state index is 0.0586. The maximum Gasteiger partial charge on any atom is 0.182 e. The number of hydrogen-bond acceptors (Lipinski definition) is 5. The number of imidazole rings is 1. The number of Topliss-reactive ketones (excluding diaryl/α,β-unsaturated/α-hetero) is 1. The molecule has 0 N–H and O–H groups in total. The lowest BCUT2D eigenvalue weighted by Crippen LogP contribution is -2.50. The predicted octanol–water partition coefficient (Wildman–Crippen LogP) is 5.65. The second-order valence-electron chi connectivity index (χ2n) is 9.72. The third kappa shape index (κ3) is 4.64. The number of aryl methyl sites for hydroxylation is 1. The molecule has 0 radical (unpaired) electrons. The fourth-order valence-corrected chi connectivity index (χ4v) is 4.64. The van der Waals surface area contributed by atoms with Crippen molar-refractivity contribution in [3.05, 3.63) is 101 Å². The first kappa shape index (κ1) is 24.2. The standard InChI is InChI=1S/C29H29FN2O4/c1-20-26(24(33)16-29(22-11-5-4-6-12-22)18-35-28(2,3)36-19-29)32-15-9-14-25(27(32)31-20)34-17-21-10-7-8-13-23(21)30/h4-15H,16-19H2,1-3H3. The highest BCUT2D eigenvalue weighted by molar-refractivity contribution is 5.97. The van der Waals surface area contributed by atoms with Gasteiger partial charge in [0.05, 0.1) is 18.9 Å². The van der Waals surface area contributed by atoms with Crippen LogP contribution in [0.4, 0.5) is 4.39 Å². The lowest BCUT2D eigenvalue weighted by Gasteiger charge is -2.43. The molecule has 7 heteroatoms. The van der Waals surface area contributed by atoms with E-state index in [1.54, 1.807) is 40.9 Å². The normalized spacial score (nSPS) is 16.7. The molecule has 5 rings (SSSR count). The largest absolute Gasteiger partial charge is 0.485 e. The zero-order chi connectivity index (χ0) is 25.3. The molecule has 2 aromatic carbocycles. The summed E-state index contributed by atoms with van der Waals surface area (Å²) in [4.78, 5) is 18.5. The van der Waals surface area contributed by atoms with Crippen LogP contribution in [0.5, 0.6) is 5.75 Å². The highest BCUT2D eigenvalue weighted by Gasteiger charge is 2.43. The van der Waals surface area contributed by atoms with Crippen LogP contribution in [-0.4, -0.2) is 34.2 Å². The van der Waals surface area contributed by atoms with E-state index in [4.69, 9.17) is 14.2 Å². The molecule has 36 heavy (non-hydrogen) atoms. The van der Waals surface area contributed by atoms with Crippen LogP contribution >= 0.6 is 0 Å². The summed E-state index contributed by atoms with van der Waals surface area (Å²) in [6, 6.07) is 19.9. The summed E-state index contributed by atoms with van der Waals surface area (Å²) in [7, 11) is 0. The summed E-state index contributed by atoms with van der Waals surface area (Å²) in [5.41, 5.74) is 2.42. The topological polar surface area (TPSA) is 62.1 Å². The number of halogens is 1. The van der Waals surface area contributed by atoms with E-state index in [2.05, 4.69) is 4.98 Å². The van der Waals surface area contributed by atoms with E-state index in [0.717, 1.165) is 5.56 Å². The van der Waals surface area contributed by atoms with E-state index in [1.165, 1.54) is 6.07 Å². The van der Waals surface area contributed by atoms with Gasteiger partial charge < -0.3 is 14.2 Å². The number of ether oxygens (including phenoxy) is 3. The number of carbonyl (C=O) groups is 1. The highest BCUT2D eigenvalue weighted by Crippen LogP contribution is 2.37. The maximum atomic E-state index is 14.1. The van der Waals surface area contributed by atoms with Crippen molar-refractivity contribution in [3.8, 4) is 5.75 Å². The average molecular weight is 489 g/mol. The summed E-state index contributed by atoms with van der Waals surface area (Å²) >= 11 is 0. The molecule has 0 spiro atoms. The number of fused-ring (bicyclic) bond motifs is 1. The zero-order valence-corrected chi connectivity index (χ0v) is 20.7. The van der Waals surface area contributed by atoms with Crippen molar-refractivity contribution in [2.24, 2.45) is 0 Å². The number of rotatable bonds is 7. The molecular weight excluding hydrogens is 459 g/mol. The lowest BCUT2D eigenvalue weighted by atomic mass is 9.76. The number of aromatic nitrogens is 2. The van der Waals surface area contributed by atoms with E-state index in [0.29, 0.717) is 41.6 Å². The van der Waals surface area contributed by atoms with Crippen molar-refractivity contribution in [2.45, 2.75) is 45.0 Å². The van der Waals surface area contributed by atoms with Gasteiger partial charge in [-0.1, -0.05) is 48.5 Å². The molecule has 1 saturated heterocycles. The Kier molecular flexibility index (Phi) is 6.36. The first-order valence-electron chi connectivity index (χ1n) is 12.0. The minimum Gasteiger partial charge on any atom is -0.485 e. The second kappa shape index (κ2) is 9.48. The Balaban J connectivity index is 1.45. The smallest absolute Gasteiger partial charge is 0.182 e. The Hall–Kier alpha value is -3.55. The van der Waals surface area contributed by atoms with Crippen LogP contribution in [0.1, 0.15) is 47.6 Å². The molecule has 0 saturated carbocycles. The molecule has 0 aliphatic carbocycles. The van der Waals surface area contributed by atoms with Crippen LogP contribution < -0.4 is 4.74 Å². The Bertz CT molecular complexity index is 1390. The minimum atomic E-state index is -0.703. The van der Waals surface area contributed by atoms with E-state index < -0.39 is 11.2 Å². The predicted molar refractivity (Wildman–Crippen MR) is 134 cm³/mol. The van der Waals surface area contributed by atoms with Gasteiger partial charge >= 0.3 is 0 Å². The number of pyridine rings is 1. The Morgan fingerprint density at radius 3 is 2.44 bits per heavy atom. The Morgan fingerprint density at radius 2 is 1.72 bits per heavy atom. The molecule has 3 heterocycles. The molecule has 1 fully saturated rings.